The Hall–Kier alpha value is -3.63. The lowest BCUT2D eigenvalue weighted by Crippen LogP contribution is -2.02. The number of hydrogen-bond acceptors (Lipinski definition) is 3. The van der Waals surface area contributed by atoms with Gasteiger partial charge in [-0.3, -0.25) is 0 Å². The SMILES string of the molecule is Nc1c(-c2ccc(Cl)cc2)cnc2c(-c3ccccc3)c(-c3ccccc3)nn12. The van der Waals surface area contributed by atoms with E-state index in [0.29, 0.717) is 10.8 Å². The standard InChI is InChI=1S/C24H17ClN4/c25-19-13-11-16(12-14-19)20-15-27-24-21(17-7-3-1-4-8-17)22(28-29(24)23(20)26)18-9-5-2-6-10-18/h1-15H,26H2. The highest BCUT2D eigenvalue weighted by Gasteiger charge is 2.20. The van der Waals surface area contributed by atoms with Gasteiger partial charge in [-0.25, -0.2) is 4.98 Å². The third kappa shape index (κ3) is 3.04. The van der Waals surface area contributed by atoms with Crippen molar-refractivity contribution in [2.75, 3.05) is 5.73 Å². The monoisotopic (exact) mass is 396 g/mol. The van der Waals surface area contributed by atoms with E-state index in [-0.39, 0.29) is 0 Å². The molecule has 29 heavy (non-hydrogen) atoms. The summed E-state index contributed by atoms with van der Waals surface area (Å²) in [6, 6.07) is 27.8. The van der Waals surface area contributed by atoms with Crippen LogP contribution in [0.1, 0.15) is 0 Å². The Bertz CT molecular complexity index is 1290. The molecule has 2 heterocycles. The molecule has 5 heteroatoms. The van der Waals surface area contributed by atoms with Crippen LogP contribution in [0.3, 0.4) is 0 Å². The third-order valence-electron chi connectivity index (χ3n) is 4.95. The minimum atomic E-state index is 0.539. The van der Waals surface area contributed by atoms with Gasteiger partial charge < -0.3 is 5.73 Å². The second-order valence-corrected chi connectivity index (χ2v) is 7.19. The summed E-state index contributed by atoms with van der Waals surface area (Å²) < 4.78 is 1.73. The maximum atomic E-state index is 6.55. The van der Waals surface area contributed by atoms with Crippen LogP contribution < -0.4 is 5.73 Å². The van der Waals surface area contributed by atoms with Crippen LogP contribution in [0.15, 0.2) is 91.1 Å². The van der Waals surface area contributed by atoms with Crippen molar-refractivity contribution in [3.63, 3.8) is 0 Å². The molecule has 0 aliphatic rings. The number of nitrogens with two attached hydrogens (primary N) is 1. The minimum absolute atomic E-state index is 0.539. The van der Waals surface area contributed by atoms with Crippen molar-refractivity contribution in [2.24, 2.45) is 0 Å². The topological polar surface area (TPSA) is 56.2 Å². The number of nitrogens with zero attached hydrogens (tertiary/aromatic N) is 3. The summed E-state index contributed by atoms with van der Waals surface area (Å²) in [5.74, 6) is 0.539. The quantitative estimate of drug-likeness (QED) is 0.409. The lowest BCUT2D eigenvalue weighted by Gasteiger charge is -2.08. The van der Waals surface area contributed by atoms with Crippen molar-refractivity contribution in [2.45, 2.75) is 0 Å². The van der Waals surface area contributed by atoms with Crippen LogP contribution in [0.4, 0.5) is 5.82 Å². The molecule has 0 aliphatic carbocycles. The van der Waals surface area contributed by atoms with Crippen molar-refractivity contribution in [1.82, 2.24) is 14.6 Å². The molecule has 2 N–H and O–H groups in total. The highest BCUT2D eigenvalue weighted by atomic mass is 35.5. The molecule has 0 amide bonds. The molecule has 140 valence electrons. The first-order valence-electron chi connectivity index (χ1n) is 9.26. The fourth-order valence-electron chi connectivity index (χ4n) is 3.52. The van der Waals surface area contributed by atoms with Gasteiger partial charge in [0, 0.05) is 22.3 Å². The number of hydrogen-bond donors (Lipinski definition) is 1. The van der Waals surface area contributed by atoms with Gasteiger partial charge in [0.15, 0.2) is 5.65 Å². The number of anilines is 1. The van der Waals surface area contributed by atoms with Crippen molar-refractivity contribution in [3.05, 3.63) is 96.1 Å². The molecule has 0 spiro atoms. The summed E-state index contributed by atoms with van der Waals surface area (Å²) in [7, 11) is 0. The molecule has 5 rings (SSSR count). The Morgan fingerprint density at radius 2 is 1.34 bits per heavy atom. The average molecular weight is 397 g/mol. The molecular weight excluding hydrogens is 380 g/mol. The lowest BCUT2D eigenvalue weighted by molar-refractivity contribution is 0.958. The van der Waals surface area contributed by atoms with Gasteiger partial charge in [0.1, 0.15) is 11.5 Å². The molecule has 0 saturated carbocycles. The average Bonchev–Trinajstić information content (AvgIpc) is 3.17. The predicted molar refractivity (Wildman–Crippen MR) is 119 cm³/mol. The molecule has 0 fully saturated rings. The summed E-state index contributed by atoms with van der Waals surface area (Å²) in [6.07, 6.45) is 1.80. The van der Waals surface area contributed by atoms with Crippen LogP contribution in [0.25, 0.3) is 39.2 Å². The van der Waals surface area contributed by atoms with E-state index in [9.17, 15) is 0 Å². The number of fused-ring (bicyclic) bond motifs is 1. The minimum Gasteiger partial charge on any atom is -0.383 e. The lowest BCUT2D eigenvalue weighted by atomic mass is 10.0. The first kappa shape index (κ1) is 17.5. The zero-order chi connectivity index (χ0) is 19.8. The third-order valence-corrected chi connectivity index (χ3v) is 5.20. The van der Waals surface area contributed by atoms with Crippen LogP contribution in [0, 0.1) is 0 Å². The molecule has 2 aromatic heterocycles. The first-order valence-corrected chi connectivity index (χ1v) is 9.64. The van der Waals surface area contributed by atoms with Gasteiger partial charge in [-0.05, 0) is 23.3 Å². The zero-order valence-corrected chi connectivity index (χ0v) is 16.2. The Morgan fingerprint density at radius 1 is 0.724 bits per heavy atom. The maximum Gasteiger partial charge on any atom is 0.165 e. The molecule has 0 saturated heterocycles. The molecule has 0 unspecified atom stereocenters. The summed E-state index contributed by atoms with van der Waals surface area (Å²) in [4.78, 5) is 4.75. The Morgan fingerprint density at radius 3 is 2.00 bits per heavy atom. The Balaban J connectivity index is 1.80. The molecule has 3 aromatic carbocycles. The van der Waals surface area contributed by atoms with Crippen molar-refractivity contribution in [1.29, 1.82) is 0 Å². The number of aromatic nitrogens is 3. The van der Waals surface area contributed by atoms with Gasteiger partial charge >= 0.3 is 0 Å². The van der Waals surface area contributed by atoms with Gasteiger partial charge in [-0.15, -0.1) is 0 Å². The largest absolute Gasteiger partial charge is 0.383 e. The summed E-state index contributed by atoms with van der Waals surface area (Å²) in [6.45, 7) is 0. The summed E-state index contributed by atoms with van der Waals surface area (Å²) >= 11 is 6.03. The highest BCUT2D eigenvalue weighted by molar-refractivity contribution is 6.30. The second kappa shape index (κ2) is 7.08. The molecule has 4 nitrogen and oxygen atoms in total. The molecular formula is C24H17ClN4. The van der Waals surface area contributed by atoms with E-state index in [2.05, 4.69) is 12.1 Å². The van der Waals surface area contributed by atoms with Gasteiger partial charge in [-0.2, -0.15) is 9.61 Å². The number of halogens is 1. The molecule has 0 aliphatic heterocycles. The van der Waals surface area contributed by atoms with Gasteiger partial charge in [0.05, 0.1) is 5.56 Å². The van der Waals surface area contributed by atoms with Crippen molar-refractivity contribution >= 4 is 23.1 Å². The number of rotatable bonds is 3. The van der Waals surface area contributed by atoms with Crippen LogP contribution >= 0.6 is 11.6 Å². The molecule has 0 bridgehead atoms. The van der Waals surface area contributed by atoms with Crippen molar-refractivity contribution < 1.29 is 0 Å². The predicted octanol–water partition coefficient (Wildman–Crippen LogP) is 5.97. The Kier molecular flexibility index (Phi) is 4.26. The first-order chi connectivity index (χ1) is 14.2. The summed E-state index contributed by atoms with van der Waals surface area (Å²) in [5.41, 5.74) is 12.9. The normalized spacial score (nSPS) is 11.1. The highest BCUT2D eigenvalue weighted by Crippen LogP contribution is 2.37. The fourth-order valence-corrected chi connectivity index (χ4v) is 3.65. The van der Waals surface area contributed by atoms with E-state index in [0.717, 1.165) is 39.2 Å². The van der Waals surface area contributed by atoms with Gasteiger partial charge in [0.25, 0.3) is 0 Å². The zero-order valence-electron chi connectivity index (χ0n) is 15.5. The van der Waals surface area contributed by atoms with Gasteiger partial charge in [0.2, 0.25) is 0 Å². The van der Waals surface area contributed by atoms with Crippen LogP contribution in [0.2, 0.25) is 5.02 Å². The van der Waals surface area contributed by atoms with Crippen LogP contribution in [-0.2, 0) is 0 Å². The second-order valence-electron chi connectivity index (χ2n) is 6.76. The van der Waals surface area contributed by atoms with Crippen LogP contribution in [0.5, 0.6) is 0 Å². The number of benzene rings is 3. The summed E-state index contributed by atoms with van der Waals surface area (Å²) in [5, 5.41) is 5.54. The van der Waals surface area contributed by atoms with E-state index >= 15 is 0 Å². The van der Waals surface area contributed by atoms with E-state index in [4.69, 9.17) is 27.4 Å². The van der Waals surface area contributed by atoms with Crippen molar-refractivity contribution in [3.8, 4) is 33.5 Å². The Labute approximate surface area is 173 Å². The molecule has 0 radical (unpaired) electrons. The van der Waals surface area contributed by atoms with E-state index in [1.807, 2.05) is 72.8 Å². The van der Waals surface area contributed by atoms with Crippen LogP contribution in [-0.4, -0.2) is 14.6 Å². The molecule has 0 atom stereocenters. The fraction of sp³-hybridized carbons (Fsp3) is 0. The van der Waals surface area contributed by atoms with Gasteiger partial charge in [-0.1, -0.05) is 84.4 Å². The number of nitrogen functional groups attached to an aromatic ring is 1. The van der Waals surface area contributed by atoms with E-state index in [1.54, 1.807) is 10.7 Å². The van der Waals surface area contributed by atoms with E-state index in [1.165, 1.54) is 0 Å². The smallest absolute Gasteiger partial charge is 0.165 e. The maximum absolute atomic E-state index is 6.55. The van der Waals surface area contributed by atoms with E-state index < -0.39 is 0 Å². The molecule has 5 aromatic rings.